The first-order valence-electron chi connectivity index (χ1n) is 53.9. The number of nitrogens with one attached hydrogen (secondary N) is 4. The number of amides is 4. The van der Waals surface area contributed by atoms with Gasteiger partial charge in [-0.25, -0.2) is 0 Å². The number of carbonyl (C=O) groups is 4. The topological polar surface area (TPSA) is 264 Å². The standard InChI is InChI=1S/C120H148N4O20/c1-9-17-21-25-29-33-37-41-45-89-93-65-95-90(46-42-38-34-30-26-22-18-10-2)97-67-99-92(48-44-40-36-32-28-24-20-12-4)100-68-98-91(47-43-39-35-31-27-23-19-11-3)96-66-94(89)110-118-112(96)140-75-142-114(98)120-116(100)144-76-143-115(99)119-113(97)141-74-139-111(95)117(109(93)137-73-138-110)133-69-101(125)121-85-57-77-53-78-58-86(122-102(126)70-134-118)60-80(106(78)130-50-14-6)55-82-62-88(124-104(128)72-136-120)64-84(108(82)132-52-16-8)56-83-63-87(123-103(127)71-135-119)61-81(107(83)131-51-15-7)54-79(59-85)105(77)129-49-13-5/h9-12,57-68,89-92H,1-4,13-56,69-76H2,5-8H3,(H,121,125)(H,122,126)(H,123,127)(H,124,128). The minimum absolute atomic E-state index is 0.107. The Balaban J connectivity index is 1.04. The van der Waals surface area contributed by atoms with Gasteiger partial charge in [-0.2, -0.15) is 0 Å². The van der Waals surface area contributed by atoms with Gasteiger partial charge in [-0.15, -0.1) is 26.3 Å². The van der Waals surface area contributed by atoms with Gasteiger partial charge in [0.05, 0.1) is 26.4 Å². The Labute approximate surface area is 850 Å². The number of unbranched alkanes of at least 4 members (excludes halogenated alkanes) is 24. The molecule has 21 rings (SSSR count). The molecule has 1 aliphatic carbocycles. The Hall–Kier alpha value is -12.6. The molecular formula is C120H148N4O20. The largest absolute Gasteiger partial charge is 0.493 e. The maximum Gasteiger partial charge on any atom is 0.262 e. The van der Waals surface area contributed by atoms with E-state index in [0.29, 0.717) is 214 Å². The van der Waals surface area contributed by atoms with Gasteiger partial charge in [0.15, 0.2) is 72.4 Å². The zero-order valence-corrected chi connectivity index (χ0v) is 85.3. The average Bonchev–Trinajstić information content (AvgIpc) is 0.716. The van der Waals surface area contributed by atoms with E-state index >= 15 is 19.2 Å². The van der Waals surface area contributed by atoms with Crippen LogP contribution >= 0.6 is 0 Å². The molecule has 8 aromatic rings. The molecular weight excluding hydrogens is 1820 g/mol. The molecule has 32 bridgehead atoms. The Bertz CT molecular complexity index is 4990. The molecule has 768 valence electrons. The molecule has 8 aromatic carbocycles. The summed E-state index contributed by atoms with van der Waals surface area (Å²) in [6, 6.07) is 24.6. The van der Waals surface area contributed by atoms with Crippen LogP contribution in [0.1, 0.15) is 372 Å². The summed E-state index contributed by atoms with van der Waals surface area (Å²) < 4.78 is 118. The fraction of sp³-hybridized carbons (Fsp3) is 0.500. The summed E-state index contributed by atoms with van der Waals surface area (Å²) >= 11 is 0. The second-order valence-electron chi connectivity index (χ2n) is 39.9. The number of hydrogen-bond acceptors (Lipinski definition) is 20. The lowest BCUT2D eigenvalue weighted by molar-refractivity contribution is -0.118. The summed E-state index contributed by atoms with van der Waals surface area (Å²) in [6.45, 7) is 21.6. The summed E-state index contributed by atoms with van der Waals surface area (Å²) in [5.41, 5.74) is 12.7. The maximum absolute atomic E-state index is 16.4. The van der Waals surface area contributed by atoms with Crippen molar-refractivity contribution in [2.45, 2.75) is 308 Å². The van der Waals surface area contributed by atoms with Gasteiger partial charge in [0.1, 0.15) is 23.0 Å². The molecule has 0 aromatic heterocycles. The molecule has 4 N–H and O–H groups in total. The van der Waals surface area contributed by atoms with E-state index in [9.17, 15) is 0 Å². The smallest absolute Gasteiger partial charge is 0.262 e. The van der Waals surface area contributed by atoms with Gasteiger partial charge in [-0.1, -0.05) is 180 Å². The highest BCUT2D eigenvalue weighted by Crippen LogP contribution is 2.64. The Morgan fingerprint density at radius 3 is 0.590 bits per heavy atom. The predicted octanol–water partition coefficient (Wildman–Crippen LogP) is 27.5. The highest BCUT2D eigenvalue weighted by atomic mass is 16.7. The lowest BCUT2D eigenvalue weighted by Gasteiger charge is -2.37. The van der Waals surface area contributed by atoms with Crippen molar-refractivity contribution in [3.63, 3.8) is 0 Å². The van der Waals surface area contributed by atoms with E-state index in [-0.39, 0.29) is 48.7 Å². The third-order valence-electron chi connectivity index (χ3n) is 29.0. The molecule has 0 atom stereocenters. The minimum Gasteiger partial charge on any atom is -0.493 e. The number of carbonyl (C=O) groups excluding carboxylic acids is 4. The van der Waals surface area contributed by atoms with Gasteiger partial charge in [0, 0.05) is 161 Å². The predicted molar refractivity (Wildman–Crippen MR) is 563 cm³/mol. The van der Waals surface area contributed by atoms with Crippen LogP contribution in [0.4, 0.5) is 22.7 Å². The molecule has 13 aliphatic rings. The zero-order valence-electron chi connectivity index (χ0n) is 85.3. The molecule has 4 amide bonds. The number of ether oxygens (including phenoxy) is 16. The van der Waals surface area contributed by atoms with Gasteiger partial charge in [0.25, 0.3) is 23.6 Å². The second-order valence-corrected chi connectivity index (χ2v) is 39.9. The monoisotopic (exact) mass is 1970 g/mol. The molecule has 12 heterocycles. The molecule has 0 unspecified atom stereocenters. The molecule has 0 fully saturated rings. The number of allylic oxidation sites excluding steroid dienone is 4. The molecule has 12 aliphatic heterocycles. The first-order chi connectivity index (χ1) is 70.8. The molecule has 0 spiro atoms. The molecule has 0 radical (unpaired) electrons. The highest BCUT2D eigenvalue weighted by molar-refractivity contribution is 5.96. The van der Waals surface area contributed by atoms with E-state index in [0.717, 1.165) is 224 Å². The molecule has 0 saturated heterocycles. The average molecular weight is 1970 g/mol. The fourth-order valence-electron chi connectivity index (χ4n) is 22.4. The van der Waals surface area contributed by atoms with Crippen molar-refractivity contribution < 1.29 is 95.0 Å². The van der Waals surface area contributed by atoms with Crippen molar-refractivity contribution in [3.05, 3.63) is 212 Å². The number of rotatable bonds is 48. The SMILES string of the molecule is C=CCCCCCCCCC1c2cc3c4c5c2OCOc2c1cc1c6c2OCC(=O)Nc2cc7c(OCCC)c(c2)Cc2cc8cc(c2OCCC)Cc2cc(cc(c2OCCC)Cc2cc(cc(c2OCCC)C7)NC(=O)CO5)NC(=O)COc2c(c(cc5c2OCOc2c(cc(c(c2OCC(=O)N8)OCO6)C1CCCCCCCCC=C)C5CCCCCCCCC=C)C3CCCCCCCCC=C)OCO4. The maximum atomic E-state index is 16.4. The number of anilines is 4. The zero-order chi connectivity index (χ0) is 99.6. The van der Waals surface area contributed by atoms with E-state index < -0.39 is 101 Å². The Kier molecular flexibility index (Phi) is 36.3. The van der Waals surface area contributed by atoms with Crippen LogP contribution in [-0.2, 0) is 44.9 Å². The first-order valence-corrected chi connectivity index (χ1v) is 53.9. The Morgan fingerprint density at radius 2 is 0.417 bits per heavy atom. The molecule has 24 heteroatoms. The third-order valence-corrected chi connectivity index (χ3v) is 29.0. The Morgan fingerprint density at radius 1 is 0.243 bits per heavy atom. The lowest BCUT2D eigenvalue weighted by atomic mass is 9.75. The minimum atomic E-state index is -0.663. The van der Waals surface area contributed by atoms with Crippen LogP contribution < -0.4 is 97.1 Å². The summed E-state index contributed by atoms with van der Waals surface area (Å²) in [7, 11) is 0. The van der Waals surface area contributed by atoms with Crippen molar-refractivity contribution >= 4 is 46.4 Å². The van der Waals surface area contributed by atoms with E-state index in [4.69, 9.17) is 75.8 Å². The van der Waals surface area contributed by atoms with Crippen LogP contribution in [0.5, 0.6) is 92.0 Å². The van der Waals surface area contributed by atoms with Gasteiger partial charge in [-0.05, 0) is 176 Å². The molecule has 144 heavy (non-hydrogen) atoms. The van der Waals surface area contributed by atoms with Crippen LogP contribution in [0.2, 0.25) is 0 Å². The number of benzene rings is 8. The van der Waals surface area contributed by atoms with Crippen LogP contribution in [0.3, 0.4) is 0 Å². The van der Waals surface area contributed by atoms with E-state index in [1.165, 1.54) is 0 Å². The number of fused-ring (bicyclic) bond motifs is 8. The summed E-state index contributed by atoms with van der Waals surface area (Å²) in [5.74, 6) is 0.437. The van der Waals surface area contributed by atoms with Crippen LogP contribution in [0.25, 0.3) is 0 Å². The summed E-state index contributed by atoms with van der Waals surface area (Å²) in [4.78, 5) is 65.5. The van der Waals surface area contributed by atoms with E-state index in [1.54, 1.807) is 0 Å². The lowest BCUT2D eigenvalue weighted by Crippen LogP contribution is -2.27. The van der Waals surface area contributed by atoms with Crippen molar-refractivity contribution in [1.29, 1.82) is 0 Å². The van der Waals surface area contributed by atoms with Gasteiger partial charge < -0.3 is 97.1 Å². The quantitative estimate of drug-likeness (QED) is 0.0204. The van der Waals surface area contributed by atoms with Crippen molar-refractivity contribution in [3.8, 4) is 92.0 Å². The second kappa shape index (κ2) is 50.8. The first kappa shape index (κ1) is 103. The van der Waals surface area contributed by atoms with Gasteiger partial charge in [0.2, 0.25) is 50.2 Å². The van der Waals surface area contributed by atoms with E-state index in [1.807, 2.05) is 72.8 Å². The van der Waals surface area contributed by atoms with Gasteiger partial charge in [-0.3, -0.25) is 19.2 Å². The van der Waals surface area contributed by atoms with Crippen molar-refractivity contribution in [1.82, 2.24) is 0 Å². The van der Waals surface area contributed by atoms with Crippen LogP contribution in [0, 0.1) is 0 Å². The van der Waals surface area contributed by atoms with Gasteiger partial charge >= 0.3 is 0 Å². The van der Waals surface area contributed by atoms with Crippen molar-refractivity contribution in [2.75, 3.05) is 101 Å². The van der Waals surface area contributed by atoms with E-state index in [2.05, 4.69) is 99.5 Å². The normalized spacial score (nSPS) is 16.9. The van der Waals surface area contributed by atoms with Crippen LogP contribution in [-0.4, -0.2) is 104 Å². The number of hydrogen-bond donors (Lipinski definition) is 4. The van der Waals surface area contributed by atoms with Crippen molar-refractivity contribution in [2.24, 2.45) is 0 Å². The van der Waals surface area contributed by atoms with Crippen LogP contribution in [0.15, 0.2) is 123 Å². The molecule has 0 saturated carbocycles. The summed E-state index contributed by atoms with van der Waals surface area (Å²) in [5, 5.41) is 13.6. The summed E-state index contributed by atoms with van der Waals surface area (Å²) in [6.07, 6.45) is 39.2. The third kappa shape index (κ3) is 24.4. The molecule has 24 nitrogen and oxygen atoms in total. The fourth-order valence-corrected chi connectivity index (χ4v) is 22.4. The highest BCUT2D eigenvalue weighted by Gasteiger charge is 2.45.